The highest BCUT2D eigenvalue weighted by atomic mass is 32.2. The molecule has 0 saturated carbocycles. The molecule has 2 aromatic rings. The van der Waals surface area contributed by atoms with Gasteiger partial charge in [-0.25, -0.2) is 13.1 Å². The zero-order chi connectivity index (χ0) is 17.0. The van der Waals surface area contributed by atoms with Crippen molar-refractivity contribution in [3.05, 3.63) is 46.7 Å². The highest BCUT2D eigenvalue weighted by Crippen LogP contribution is 2.29. The average molecular weight is 367 g/mol. The lowest BCUT2D eigenvalue weighted by Crippen LogP contribution is -2.36. The van der Waals surface area contributed by atoms with Crippen LogP contribution in [-0.2, 0) is 10.0 Å². The third kappa shape index (κ3) is 3.80. The van der Waals surface area contributed by atoms with Crippen LogP contribution in [0.2, 0.25) is 0 Å². The van der Waals surface area contributed by atoms with Crippen LogP contribution in [0.5, 0.6) is 5.75 Å². The SMILES string of the molecule is COc1ccccc1S(=O)(=O)NCC(c1cccs1)N1CCCC1. The molecule has 5 nitrogen and oxygen atoms in total. The molecule has 0 spiro atoms. The Morgan fingerprint density at radius 2 is 1.96 bits per heavy atom. The van der Waals surface area contributed by atoms with E-state index in [1.54, 1.807) is 35.6 Å². The summed E-state index contributed by atoms with van der Waals surface area (Å²) in [5.74, 6) is 0.360. The van der Waals surface area contributed by atoms with Gasteiger partial charge in [-0.1, -0.05) is 18.2 Å². The van der Waals surface area contributed by atoms with Gasteiger partial charge in [-0.2, -0.15) is 0 Å². The van der Waals surface area contributed by atoms with Crippen LogP contribution in [0.3, 0.4) is 0 Å². The highest BCUT2D eigenvalue weighted by molar-refractivity contribution is 7.89. The van der Waals surface area contributed by atoms with E-state index < -0.39 is 10.0 Å². The Hall–Kier alpha value is -1.41. The van der Waals surface area contributed by atoms with Crippen LogP contribution in [0.1, 0.15) is 23.8 Å². The first-order valence-corrected chi connectivity index (χ1v) is 10.4. The van der Waals surface area contributed by atoms with E-state index in [0.29, 0.717) is 12.3 Å². The lowest BCUT2D eigenvalue weighted by Gasteiger charge is -2.27. The summed E-state index contributed by atoms with van der Waals surface area (Å²) in [5.41, 5.74) is 0. The molecule has 0 amide bonds. The lowest BCUT2D eigenvalue weighted by molar-refractivity contribution is 0.250. The summed E-state index contributed by atoms with van der Waals surface area (Å²) >= 11 is 1.67. The van der Waals surface area contributed by atoms with Crippen molar-refractivity contribution in [1.82, 2.24) is 9.62 Å². The van der Waals surface area contributed by atoms with Crippen LogP contribution in [0.25, 0.3) is 0 Å². The third-order valence-corrected chi connectivity index (χ3v) is 6.71. The van der Waals surface area contributed by atoms with Crippen LogP contribution in [-0.4, -0.2) is 40.1 Å². The second-order valence-electron chi connectivity index (χ2n) is 5.78. The Labute approximate surface area is 147 Å². The molecule has 0 radical (unpaired) electrons. The van der Waals surface area contributed by atoms with Crippen molar-refractivity contribution in [3.8, 4) is 5.75 Å². The zero-order valence-corrected chi connectivity index (χ0v) is 15.3. The van der Waals surface area contributed by atoms with Crippen LogP contribution in [0.4, 0.5) is 0 Å². The normalized spacial score (nSPS) is 17.0. The van der Waals surface area contributed by atoms with E-state index in [2.05, 4.69) is 15.7 Å². The molecule has 2 heterocycles. The van der Waals surface area contributed by atoms with Crippen molar-refractivity contribution < 1.29 is 13.2 Å². The van der Waals surface area contributed by atoms with E-state index in [0.717, 1.165) is 13.1 Å². The number of thiophene rings is 1. The number of methoxy groups -OCH3 is 1. The molecule has 1 aliphatic heterocycles. The fourth-order valence-corrected chi connectivity index (χ4v) is 5.12. The predicted octanol–water partition coefficient (Wildman–Crippen LogP) is 2.87. The summed E-state index contributed by atoms with van der Waals surface area (Å²) in [7, 11) is -2.14. The van der Waals surface area contributed by atoms with Crippen LogP contribution >= 0.6 is 11.3 Å². The Kier molecular flexibility index (Phi) is 5.55. The molecule has 1 N–H and O–H groups in total. The fourth-order valence-electron chi connectivity index (χ4n) is 3.05. The summed E-state index contributed by atoms with van der Waals surface area (Å²) in [5, 5.41) is 2.03. The molecule has 1 fully saturated rings. The molecule has 24 heavy (non-hydrogen) atoms. The number of nitrogens with zero attached hydrogens (tertiary/aromatic N) is 1. The number of nitrogens with one attached hydrogen (secondary N) is 1. The van der Waals surface area contributed by atoms with Crippen LogP contribution in [0, 0.1) is 0 Å². The molecule has 1 aliphatic rings. The van der Waals surface area contributed by atoms with Gasteiger partial charge in [0.2, 0.25) is 10.0 Å². The van der Waals surface area contributed by atoms with Gasteiger partial charge in [0.1, 0.15) is 10.6 Å². The van der Waals surface area contributed by atoms with E-state index >= 15 is 0 Å². The predicted molar refractivity (Wildman–Crippen MR) is 96.0 cm³/mol. The maximum absolute atomic E-state index is 12.7. The summed E-state index contributed by atoms with van der Waals surface area (Å²) in [4.78, 5) is 3.73. The molecule has 130 valence electrons. The van der Waals surface area contributed by atoms with Crippen molar-refractivity contribution in [1.29, 1.82) is 0 Å². The smallest absolute Gasteiger partial charge is 0.244 e. The van der Waals surface area contributed by atoms with Crippen LogP contribution in [0.15, 0.2) is 46.7 Å². The summed E-state index contributed by atoms with van der Waals surface area (Å²) in [6.45, 7) is 2.39. The molecule has 1 unspecified atom stereocenters. The molecular weight excluding hydrogens is 344 g/mol. The summed E-state index contributed by atoms with van der Waals surface area (Å²) in [6.07, 6.45) is 2.34. The van der Waals surface area contributed by atoms with Gasteiger partial charge in [0.25, 0.3) is 0 Å². The number of ether oxygens (including phenoxy) is 1. The number of hydrogen-bond donors (Lipinski definition) is 1. The summed E-state index contributed by atoms with van der Waals surface area (Å²) in [6, 6.07) is 10.9. The molecule has 7 heteroatoms. The number of rotatable bonds is 7. The van der Waals surface area contributed by atoms with Gasteiger partial charge in [-0.15, -0.1) is 11.3 Å². The fraction of sp³-hybridized carbons (Fsp3) is 0.412. The van der Waals surface area contributed by atoms with E-state index in [9.17, 15) is 8.42 Å². The van der Waals surface area contributed by atoms with Gasteiger partial charge < -0.3 is 4.74 Å². The maximum Gasteiger partial charge on any atom is 0.244 e. The minimum absolute atomic E-state index is 0.0805. The van der Waals surface area contributed by atoms with E-state index in [-0.39, 0.29) is 10.9 Å². The second kappa shape index (κ2) is 7.65. The van der Waals surface area contributed by atoms with Crippen LogP contribution < -0.4 is 9.46 Å². The zero-order valence-electron chi connectivity index (χ0n) is 13.6. The van der Waals surface area contributed by atoms with Crippen molar-refractivity contribution in [3.63, 3.8) is 0 Å². The van der Waals surface area contributed by atoms with Gasteiger partial charge >= 0.3 is 0 Å². The monoisotopic (exact) mass is 366 g/mol. The Morgan fingerprint density at radius 3 is 2.62 bits per heavy atom. The molecule has 0 aliphatic carbocycles. The first-order chi connectivity index (χ1) is 11.6. The largest absolute Gasteiger partial charge is 0.495 e. The average Bonchev–Trinajstić information content (AvgIpc) is 3.29. The van der Waals surface area contributed by atoms with E-state index in [1.165, 1.54) is 24.8 Å². The molecule has 1 aromatic carbocycles. The number of para-hydroxylation sites is 1. The molecular formula is C17H22N2O3S2. The van der Waals surface area contributed by atoms with E-state index in [1.807, 2.05) is 11.4 Å². The number of benzene rings is 1. The van der Waals surface area contributed by atoms with Gasteiger partial charge in [0, 0.05) is 11.4 Å². The molecule has 3 rings (SSSR count). The Bertz CT molecular complexity index is 754. The first-order valence-electron chi connectivity index (χ1n) is 8.02. The quantitative estimate of drug-likeness (QED) is 0.819. The van der Waals surface area contributed by atoms with Gasteiger partial charge in [0.05, 0.1) is 13.2 Å². The van der Waals surface area contributed by atoms with Crippen molar-refractivity contribution in [2.75, 3.05) is 26.7 Å². The van der Waals surface area contributed by atoms with Crippen molar-refractivity contribution in [2.24, 2.45) is 0 Å². The number of likely N-dealkylation sites (tertiary alicyclic amines) is 1. The third-order valence-electron chi connectivity index (χ3n) is 4.28. The van der Waals surface area contributed by atoms with Gasteiger partial charge in [0.15, 0.2) is 0 Å². The van der Waals surface area contributed by atoms with Gasteiger partial charge in [-0.05, 0) is 49.5 Å². The Morgan fingerprint density at radius 1 is 1.21 bits per heavy atom. The molecule has 1 saturated heterocycles. The minimum atomic E-state index is -3.62. The lowest BCUT2D eigenvalue weighted by atomic mass is 10.2. The topological polar surface area (TPSA) is 58.6 Å². The highest BCUT2D eigenvalue weighted by Gasteiger charge is 2.27. The molecule has 1 atom stereocenters. The van der Waals surface area contributed by atoms with Crippen molar-refractivity contribution >= 4 is 21.4 Å². The summed E-state index contributed by atoms with van der Waals surface area (Å²) < 4.78 is 33.3. The number of sulfonamides is 1. The Balaban J connectivity index is 1.78. The number of hydrogen-bond acceptors (Lipinski definition) is 5. The van der Waals surface area contributed by atoms with Crippen molar-refractivity contribution in [2.45, 2.75) is 23.8 Å². The molecule has 0 bridgehead atoms. The second-order valence-corrected chi connectivity index (χ2v) is 8.49. The minimum Gasteiger partial charge on any atom is -0.495 e. The first kappa shape index (κ1) is 17.4. The standard InChI is InChI=1S/C17H22N2O3S2/c1-22-15-7-2-3-9-17(15)24(20,21)18-13-14(16-8-6-12-23-16)19-10-4-5-11-19/h2-3,6-9,12,14,18H,4-5,10-11,13H2,1H3. The molecule has 1 aromatic heterocycles. The van der Waals surface area contributed by atoms with Gasteiger partial charge in [-0.3, -0.25) is 4.90 Å². The van der Waals surface area contributed by atoms with E-state index in [4.69, 9.17) is 4.74 Å². The maximum atomic E-state index is 12.7.